The van der Waals surface area contributed by atoms with Gasteiger partial charge in [-0.3, -0.25) is 9.78 Å². The lowest BCUT2D eigenvalue weighted by Crippen LogP contribution is -2.55. The summed E-state index contributed by atoms with van der Waals surface area (Å²) in [6, 6.07) is 12.5. The highest BCUT2D eigenvalue weighted by molar-refractivity contribution is 5.92. The average Bonchev–Trinajstić information content (AvgIpc) is 3.33. The summed E-state index contributed by atoms with van der Waals surface area (Å²) in [7, 11) is 3.17. The van der Waals surface area contributed by atoms with Crippen molar-refractivity contribution in [2.75, 3.05) is 40.5 Å². The lowest BCUT2D eigenvalue weighted by molar-refractivity contribution is 0.0529. The number of nitrogens with zero attached hydrogens (tertiary/aromatic N) is 2. The number of piperazine rings is 1. The zero-order valence-electron chi connectivity index (χ0n) is 17.5. The smallest absolute Gasteiger partial charge is 0.290 e. The fourth-order valence-electron chi connectivity index (χ4n) is 3.54. The summed E-state index contributed by atoms with van der Waals surface area (Å²) < 4.78 is 22.4. The van der Waals surface area contributed by atoms with Gasteiger partial charge in [-0.25, -0.2) is 0 Å². The largest absolute Gasteiger partial charge is 0.493 e. The van der Waals surface area contributed by atoms with Crippen LogP contribution in [0.3, 0.4) is 0 Å². The second-order valence-electron chi connectivity index (χ2n) is 7.09. The van der Waals surface area contributed by atoms with Crippen molar-refractivity contribution in [3.05, 3.63) is 60.6 Å². The van der Waals surface area contributed by atoms with E-state index in [4.69, 9.17) is 18.6 Å². The van der Waals surface area contributed by atoms with E-state index in [9.17, 15) is 4.79 Å². The predicted molar refractivity (Wildman–Crippen MR) is 115 cm³/mol. The molecule has 4 rings (SSSR count). The number of hydrogen-bond donors (Lipinski definition) is 1. The molecule has 1 saturated heterocycles. The Morgan fingerprint density at radius 1 is 1.19 bits per heavy atom. The van der Waals surface area contributed by atoms with Gasteiger partial charge >= 0.3 is 0 Å². The Bertz CT molecular complexity index is 1020. The van der Waals surface area contributed by atoms with Gasteiger partial charge in [0.15, 0.2) is 17.3 Å². The van der Waals surface area contributed by atoms with E-state index < -0.39 is 0 Å². The van der Waals surface area contributed by atoms with E-state index in [0.29, 0.717) is 42.7 Å². The van der Waals surface area contributed by atoms with E-state index in [-0.39, 0.29) is 17.7 Å². The minimum absolute atomic E-state index is 0.115. The number of ether oxygens (including phenoxy) is 3. The van der Waals surface area contributed by atoms with E-state index >= 15 is 0 Å². The monoisotopic (exact) mass is 423 g/mol. The normalized spacial score (nSPS) is 16.1. The Morgan fingerprint density at radius 3 is 2.84 bits per heavy atom. The molecule has 3 heterocycles. The highest BCUT2D eigenvalue weighted by Crippen LogP contribution is 2.33. The zero-order chi connectivity index (χ0) is 21.6. The topological polar surface area (TPSA) is 86.1 Å². The molecule has 0 radical (unpaired) electrons. The van der Waals surface area contributed by atoms with Crippen LogP contribution in [0.5, 0.6) is 17.2 Å². The van der Waals surface area contributed by atoms with Gasteiger partial charge in [0.05, 0.1) is 26.5 Å². The molecule has 8 heteroatoms. The number of carbonyl (C=O) groups is 1. The highest BCUT2D eigenvalue weighted by atomic mass is 16.5. The number of nitrogens with one attached hydrogen (secondary N) is 1. The average molecular weight is 423 g/mol. The number of methoxy groups -OCH3 is 2. The maximum Gasteiger partial charge on any atom is 0.290 e. The lowest BCUT2D eigenvalue weighted by Gasteiger charge is -2.35. The maximum absolute atomic E-state index is 13.2. The van der Waals surface area contributed by atoms with Gasteiger partial charge in [-0.15, -0.1) is 0 Å². The third-order valence-electron chi connectivity index (χ3n) is 5.17. The van der Waals surface area contributed by atoms with Gasteiger partial charge in [-0.05, 0) is 42.5 Å². The first-order chi connectivity index (χ1) is 15.2. The number of rotatable bonds is 7. The molecule has 31 heavy (non-hydrogen) atoms. The van der Waals surface area contributed by atoms with Gasteiger partial charge in [-0.1, -0.05) is 0 Å². The third-order valence-corrected chi connectivity index (χ3v) is 5.17. The first kappa shape index (κ1) is 20.7. The van der Waals surface area contributed by atoms with Gasteiger partial charge < -0.3 is 28.8 Å². The number of amides is 1. The summed E-state index contributed by atoms with van der Waals surface area (Å²) in [5, 5.41) is 3.32. The summed E-state index contributed by atoms with van der Waals surface area (Å²) in [5.41, 5.74) is 0.800. The van der Waals surface area contributed by atoms with Crippen LogP contribution in [-0.4, -0.2) is 62.3 Å². The van der Waals surface area contributed by atoms with Crippen LogP contribution >= 0.6 is 0 Å². The molecule has 1 atom stereocenters. The van der Waals surface area contributed by atoms with Gasteiger partial charge in [0.2, 0.25) is 0 Å². The molecule has 0 aliphatic carbocycles. The van der Waals surface area contributed by atoms with Crippen molar-refractivity contribution < 1.29 is 23.4 Å². The standard InChI is InChI=1S/C23H25N3O5/c1-28-20-6-5-16(12-22(20)29-2)19-7-8-21(31-19)23(27)26-11-10-25-13-17(26)15-30-18-4-3-9-24-14-18/h3-9,12,14,17,25H,10-11,13,15H2,1-2H3. The second kappa shape index (κ2) is 9.53. The number of pyridine rings is 1. The van der Waals surface area contributed by atoms with Crippen molar-refractivity contribution in [2.45, 2.75) is 6.04 Å². The van der Waals surface area contributed by atoms with Crippen molar-refractivity contribution in [3.8, 4) is 28.6 Å². The van der Waals surface area contributed by atoms with E-state index in [1.165, 1.54) is 0 Å². The molecule has 1 N–H and O–H groups in total. The summed E-state index contributed by atoms with van der Waals surface area (Å²) in [4.78, 5) is 19.0. The molecule has 3 aromatic rings. The third kappa shape index (κ3) is 4.64. The Labute approximate surface area is 180 Å². The molecule has 1 amide bonds. The molecule has 0 bridgehead atoms. The van der Waals surface area contributed by atoms with Crippen LogP contribution in [0, 0.1) is 0 Å². The quantitative estimate of drug-likeness (QED) is 0.625. The van der Waals surface area contributed by atoms with Crippen molar-refractivity contribution in [3.63, 3.8) is 0 Å². The summed E-state index contributed by atoms with van der Waals surface area (Å²) in [5.74, 6) is 2.62. The molecule has 1 aromatic carbocycles. The van der Waals surface area contributed by atoms with Crippen LogP contribution in [0.4, 0.5) is 0 Å². The molecule has 1 unspecified atom stereocenters. The van der Waals surface area contributed by atoms with E-state index in [1.807, 2.05) is 24.3 Å². The van der Waals surface area contributed by atoms with Crippen molar-refractivity contribution in [2.24, 2.45) is 0 Å². The minimum Gasteiger partial charge on any atom is -0.493 e. The molecule has 1 aliphatic heterocycles. The SMILES string of the molecule is COc1ccc(-c2ccc(C(=O)N3CCNCC3COc3cccnc3)o2)cc1OC. The van der Waals surface area contributed by atoms with Crippen LogP contribution in [0.25, 0.3) is 11.3 Å². The van der Waals surface area contributed by atoms with E-state index in [1.54, 1.807) is 49.7 Å². The molecule has 0 spiro atoms. The number of hydrogen-bond acceptors (Lipinski definition) is 7. The number of aromatic nitrogens is 1. The molecule has 162 valence electrons. The minimum atomic E-state index is -0.159. The molecular weight excluding hydrogens is 398 g/mol. The zero-order valence-corrected chi connectivity index (χ0v) is 17.5. The molecule has 1 fully saturated rings. The predicted octanol–water partition coefficient (Wildman–Crippen LogP) is 2.85. The van der Waals surface area contributed by atoms with Crippen molar-refractivity contribution >= 4 is 5.91 Å². The number of furan rings is 1. The Morgan fingerprint density at radius 2 is 2.06 bits per heavy atom. The van der Waals surface area contributed by atoms with Gasteiger partial charge in [0.25, 0.3) is 5.91 Å². The molecular formula is C23H25N3O5. The van der Waals surface area contributed by atoms with Crippen LogP contribution in [0.15, 0.2) is 59.3 Å². The van der Waals surface area contributed by atoms with Gasteiger partial charge in [-0.2, -0.15) is 0 Å². The van der Waals surface area contributed by atoms with E-state index in [0.717, 1.165) is 12.1 Å². The molecule has 2 aromatic heterocycles. The van der Waals surface area contributed by atoms with Crippen molar-refractivity contribution in [1.82, 2.24) is 15.2 Å². The van der Waals surface area contributed by atoms with Crippen LogP contribution < -0.4 is 19.5 Å². The summed E-state index contributed by atoms with van der Waals surface area (Å²) >= 11 is 0. The fourth-order valence-corrected chi connectivity index (χ4v) is 3.54. The van der Waals surface area contributed by atoms with Gasteiger partial charge in [0, 0.05) is 31.4 Å². The molecule has 0 saturated carbocycles. The van der Waals surface area contributed by atoms with Crippen LogP contribution in [0.1, 0.15) is 10.6 Å². The number of carbonyl (C=O) groups excluding carboxylic acids is 1. The fraction of sp³-hybridized carbons (Fsp3) is 0.304. The second-order valence-corrected chi connectivity index (χ2v) is 7.09. The van der Waals surface area contributed by atoms with E-state index in [2.05, 4.69) is 10.3 Å². The van der Waals surface area contributed by atoms with Crippen molar-refractivity contribution in [1.29, 1.82) is 0 Å². The highest BCUT2D eigenvalue weighted by Gasteiger charge is 2.30. The Kier molecular flexibility index (Phi) is 6.37. The molecule has 1 aliphatic rings. The summed E-state index contributed by atoms with van der Waals surface area (Å²) in [6.07, 6.45) is 3.35. The lowest BCUT2D eigenvalue weighted by atomic mass is 10.1. The first-order valence-corrected chi connectivity index (χ1v) is 10.1. The summed E-state index contributed by atoms with van der Waals surface area (Å²) in [6.45, 7) is 2.31. The van der Waals surface area contributed by atoms with Crippen LogP contribution in [-0.2, 0) is 0 Å². The Balaban J connectivity index is 1.49. The Hall–Kier alpha value is -3.52. The number of benzene rings is 1. The van der Waals surface area contributed by atoms with Gasteiger partial charge in [0.1, 0.15) is 18.1 Å². The first-order valence-electron chi connectivity index (χ1n) is 10.1. The van der Waals surface area contributed by atoms with Crippen LogP contribution in [0.2, 0.25) is 0 Å². The molecule has 8 nitrogen and oxygen atoms in total. The maximum atomic E-state index is 13.2.